The summed E-state index contributed by atoms with van der Waals surface area (Å²) in [6.45, 7) is 5.48. The van der Waals surface area contributed by atoms with Crippen molar-refractivity contribution in [2.45, 2.75) is 44.8 Å². The maximum absolute atomic E-state index is 12.3. The van der Waals surface area contributed by atoms with Crippen molar-refractivity contribution >= 4 is 6.09 Å². The maximum Gasteiger partial charge on any atom is 0.407 e. The molecule has 25 heavy (non-hydrogen) atoms. The zero-order valence-corrected chi connectivity index (χ0v) is 15.1. The maximum atomic E-state index is 12.3. The van der Waals surface area contributed by atoms with E-state index in [4.69, 9.17) is 4.74 Å². The first kappa shape index (κ1) is 19.0. The molecule has 0 aliphatic carbocycles. The summed E-state index contributed by atoms with van der Waals surface area (Å²) < 4.78 is 5.40. The molecular weight excluding hydrogens is 314 g/mol. The van der Waals surface area contributed by atoms with Gasteiger partial charge < -0.3 is 15.2 Å². The Balaban J connectivity index is 2.33. The van der Waals surface area contributed by atoms with E-state index in [1.807, 2.05) is 81.4 Å². The fourth-order valence-corrected chi connectivity index (χ4v) is 2.90. The molecule has 2 aromatic carbocycles. The van der Waals surface area contributed by atoms with Crippen molar-refractivity contribution in [1.82, 2.24) is 5.32 Å². The molecule has 0 aromatic heterocycles. The van der Waals surface area contributed by atoms with E-state index in [9.17, 15) is 9.90 Å². The number of aliphatic hydroxyl groups is 1. The van der Waals surface area contributed by atoms with Crippen LogP contribution in [0, 0.1) is 0 Å². The van der Waals surface area contributed by atoms with Gasteiger partial charge in [-0.3, -0.25) is 0 Å². The van der Waals surface area contributed by atoms with Crippen LogP contribution >= 0.6 is 0 Å². The molecule has 0 heterocycles. The van der Waals surface area contributed by atoms with Crippen molar-refractivity contribution in [1.29, 1.82) is 0 Å². The van der Waals surface area contributed by atoms with E-state index in [-0.39, 0.29) is 18.6 Å². The molecule has 0 spiro atoms. The van der Waals surface area contributed by atoms with Crippen LogP contribution in [0.15, 0.2) is 60.7 Å². The lowest BCUT2D eigenvalue weighted by atomic mass is 9.84. The second-order valence-corrected chi connectivity index (χ2v) is 7.06. The Morgan fingerprint density at radius 3 is 1.88 bits per heavy atom. The molecule has 2 rings (SSSR count). The van der Waals surface area contributed by atoms with E-state index < -0.39 is 11.7 Å². The number of hydrogen-bond acceptors (Lipinski definition) is 3. The predicted octanol–water partition coefficient (Wildman–Crippen LogP) is 4.09. The Hall–Kier alpha value is -2.33. The van der Waals surface area contributed by atoms with Gasteiger partial charge in [-0.05, 0) is 38.3 Å². The van der Waals surface area contributed by atoms with E-state index in [2.05, 4.69) is 5.32 Å². The van der Waals surface area contributed by atoms with Crippen molar-refractivity contribution in [2.24, 2.45) is 0 Å². The molecule has 0 radical (unpaired) electrons. The number of ether oxygens (including phenoxy) is 1. The summed E-state index contributed by atoms with van der Waals surface area (Å²) in [6, 6.07) is 19.7. The highest BCUT2D eigenvalue weighted by Crippen LogP contribution is 2.29. The molecule has 4 nitrogen and oxygen atoms in total. The van der Waals surface area contributed by atoms with Crippen LogP contribution in [0.3, 0.4) is 0 Å². The van der Waals surface area contributed by atoms with Crippen molar-refractivity contribution in [2.75, 3.05) is 6.61 Å². The fourth-order valence-electron chi connectivity index (χ4n) is 2.90. The molecule has 0 unspecified atom stereocenters. The van der Waals surface area contributed by atoms with Crippen LogP contribution < -0.4 is 5.32 Å². The summed E-state index contributed by atoms with van der Waals surface area (Å²) >= 11 is 0. The number of carbonyl (C=O) groups excluding carboxylic acids is 1. The van der Waals surface area contributed by atoms with Gasteiger partial charge in [-0.2, -0.15) is 0 Å². The van der Waals surface area contributed by atoms with Crippen LogP contribution in [0.5, 0.6) is 0 Å². The quantitative estimate of drug-likeness (QED) is 0.832. The molecule has 0 aliphatic heterocycles. The van der Waals surface area contributed by atoms with Gasteiger partial charge >= 0.3 is 6.09 Å². The van der Waals surface area contributed by atoms with Gasteiger partial charge in [-0.25, -0.2) is 4.79 Å². The number of hydrogen-bond donors (Lipinski definition) is 2. The summed E-state index contributed by atoms with van der Waals surface area (Å²) in [5.74, 6) is -0.0675. The Bertz CT molecular complexity index is 610. The highest BCUT2D eigenvalue weighted by atomic mass is 16.6. The average molecular weight is 341 g/mol. The van der Waals surface area contributed by atoms with Gasteiger partial charge in [-0.15, -0.1) is 0 Å². The molecule has 0 saturated carbocycles. The second kappa shape index (κ2) is 8.67. The highest BCUT2D eigenvalue weighted by Gasteiger charge is 2.28. The largest absolute Gasteiger partial charge is 0.444 e. The van der Waals surface area contributed by atoms with Gasteiger partial charge in [-0.1, -0.05) is 60.7 Å². The third kappa shape index (κ3) is 5.91. The van der Waals surface area contributed by atoms with Crippen LogP contribution in [0.1, 0.15) is 44.2 Å². The van der Waals surface area contributed by atoms with E-state index in [1.54, 1.807) is 0 Å². The summed E-state index contributed by atoms with van der Waals surface area (Å²) in [5.41, 5.74) is 1.61. The van der Waals surface area contributed by atoms with Crippen LogP contribution in [0.25, 0.3) is 0 Å². The van der Waals surface area contributed by atoms with Crippen LogP contribution in [-0.2, 0) is 4.74 Å². The number of nitrogens with one attached hydrogen (secondary N) is 1. The number of rotatable bonds is 6. The number of benzene rings is 2. The topological polar surface area (TPSA) is 58.6 Å². The minimum Gasteiger partial charge on any atom is -0.444 e. The Labute approximate surface area is 149 Å². The van der Waals surface area contributed by atoms with Gasteiger partial charge in [0.1, 0.15) is 5.60 Å². The highest BCUT2D eigenvalue weighted by molar-refractivity contribution is 5.68. The van der Waals surface area contributed by atoms with Gasteiger partial charge in [0.2, 0.25) is 0 Å². The molecule has 2 N–H and O–H groups in total. The van der Waals surface area contributed by atoms with E-state index >= 15 is 0 Å². The summed E-state index contributed by atoms with van der Waals surface area (Å²) in [6.07, 6.45) is -0.0314. The second-order valence-electron chi connectivity index (χ2n) is 7.06. The summed E-state index contributed by atoms with van der Waals surface area (Å²) in [4.78, 5) is 12.3. The Morgan fingerprint density at radius 1 is 1.00 bits per heavy atom. The third-order valence-electron chi connectivity index (χ3n) is 3.86. The zero-order chi connectivity index (χ0) is 18.3. The third-order valence-corrected chi connectivity index (χ3v) is 3.86. The smallest absolute Gasteiger partial charge is 0.407 e. The Kier molecular flexibility index (Phi) is 6.59. The monoisotopic (exact) mass is 341 g/mol. The van der Waals surface area contributed by atoms with E-state index in [0.29, 0.717) is 6.42 Å². The first-order valence-corrected chi connectivity index (χ1v) is 8.61. The van der Waals surface area contributed by atoms with Gasteiger partial charge in [0, 0.05) is 18.6 Å². The molecule has 1 atom stereocenters. The number of carbonyl (C=O) groups is 1. The normalized spacial score (nSPS) is 12.7. The molecule has 0 fully saturated rings. The molecule has 0 aliphatic rings. The lowest BCUT2D eigenvalue weighted by Gasteiger charge is -2.30. The first-order chi connectivity index (χ1) is 11.9. The minimum atomic E-state index is -0.567. The molecule has 1 amide bonds. The van der Waals surface area contributed by atoms with Gasteiger partial charge in [0.25, 0.3) is 0 Å². The van der Waals surface area contributed by atoms with Gasteiger partial charge in [0.15, 0.2) is 0 Å². The minimum absolute atomic E-state index is 0.0172. The average Bonchev–Trinajstić information content (AvgIpc) is 2.55. The van der Waals surface area contributed by atoms with Crippen molar-refractivity contribution < 1.29 is 14.6 Å². The van der Waals surface area contributed by atoms with Crippen molar-refractivity contribution in [3.8, 4) is 0 Å². The van der Waals surface area contributed by atoms with Crippen LogP contribution in [0.4, 0.5) is 4.79 Å². The van der Waals surface area contributed by atoms with Gasteiger partial charge in [0.05, 0.1) is 0 Å². The lowest BCUT2D eigenvalue weighted by molar-refractivity contribution is 0.0492. The van der Waals surface area contributed by atoms with E-state index in [0.717, 1.165) is 11.1 Å². The van der Waals surface area contributed by atoms with E-state index in [1.165, 1.54) is 0 Å². The van der Waals surface area contributed by atoms with Crippen molar-refractivity contribution in [3.63, 3.8) is 0 Å². The van der Waals surface area contributed by atoms with Crippen LogP contribution in [0.2, 0.25) is 0 Å². The zero-order valence-electron chi connectivity index (χ0n) is 15.1. The lowest BCUT2D eigenvalue weighted by Crippen LogP contribution is -2.43. The standard InChI is InChI=1S/C21H27NO3/c1-21(2,3)25-20(24)22-18(14-15-23)19(16-10-6-4-7-11-16)17-12-8-5-9-13-17/h4-13,18-19,23H,14-15H2,1-3H3,(H,22,24)/t18-/m0/s1. The molecule has 2 aromatic rings. The molecule has 0 bridgehead atoms. The fraction of sp³-hybridized carbons (Fsp3) is 0.381. The summed E-state index contributed by atoms with van der Waals surface area (Å²) in [5, 5.41) is 12.5. The summed E-state index contributed by atoms with van der Waals surface area (Å²) in [7, 11) is 0. The number of amides is 1. The van der Waals surface area contributed by atoms with Crippen LogP contribution in [-0.4, -0.2) is 29.4 Å². The molecule has 0 saturated heterocycles. The molecular formula is C21H27NO3. The SMILES string of the molecule is CC(C)(C)OC(=O)N[C@@H](CCO)C(c1ccccc1)c1ccccc1. The molecule has 134 valence electrons. The Morgan fingerprint density at radius 2 is 1.48 bits per heavy atom. The first-order valence-electron chi connectivity index (χ1n) is 8.61. The van der Waals surface area contributed by atoms with Crippen molar-refractivity contribution in [3.05, 3.63) is 71.8 Å². The predicted molar refractivity (Wildman–Crippen MR) is 99.6 cm³/mol. The molecule has 4 heteroatoms. The number of alkyl carbamates (subject to hydrolysis) is 1. The number of aliphatic hydroxyl groups excluding tert-OH is 1.